The summed E-state index contributed by atoms with van der Waals surface area (Å²) in [7, 11) is 0. The third-order valence-corrected chi connectivity index (χ3v) is 7.77. The van der Waals surface area contributed by atoms with Crippen LogP contribution in [0.25, 0.3) is 12.2 Å². The molecule has 5 rings (SSSR count). The number of hydrogen-bond donors (Lipinski definition) is 0. The molecule has 1 aromatic carbocycles. The molecule has 0 amide bonds. The Morgan fingerprint density at radius 1 is 0.667 bits per heavy atom. The molecule has 0 atom stereocenters. The second-order valence-corrected chi connectivity index (χ2v) is 8.57. The van der Waals surface area contributed by atoms with Crippen molar-refractivity contribution in [1.29, 1.82) is 0 Å². The van der Waals surface area contributed by atoms with E-state index in [1.807, 2.05) is 0 Å². The van der Waals surface area contributed by atoms with Crippen molar-refractivity contribution in [2.45, 2.75) is 0 Å². The van der Waals surface area contributed by atoms with Gasteiger partial charge in [-0.1, -0.05) is 0 Å². The zero-order valence-corrected chi connectivity index (χ0v) is 12.9. The van der Waals surface area contributed by atoms with Crippen molar-refractivity contribution in [1.82, 2.24) is 0 Å². The van der Waals surface area contributed by atoms with Crippen LogP contribution in [0.15, 0.2) is 34.1 Å². The normalized spacial score (nSPS) is 13.3. The number of benzene rings is 1. The van der Waals surface area contributed by atoms with E-state index in [0.29, 0.717) is 29.0 Å². The average molecular weight is 358 g/mol. The molecule has 0 bridgehead atoms. The zero-order chi connectivity index (χ0) is 11.7. The van der Waals surface area contributed by atoms with Crippen molar-refractivity contribution in [2.24, 2.45) is 0 Å². The molecule has 0 saturated carbocycles. The molecule has 0 aliphatic heterocycles. The Morgan fingerprint density at radius 3 is 1.67 bits per heavy atom. The summed E-state index contributed by atoms with van der Waals surface area (Å²) in [5.41, 5.74) is 2.88. The van der Waals surface area contributed by atoms with E-state index in [-0.39, 0.29) is 0 Å². The molecule has 3 aromatic rings. The van der Waals surface area contributed by atoms with E-state index in [4.69, 9.17) is 0 Å². The summed E-state index contributed by atoms with van der Waals surface area (Å²) >= 11 is 1.09. The van der Waals surface area contributed by atoms with Gasteiger partial charge >= 0.3 is 115 Å². The Labute approximate surface area is 115 Å². The van der Waals surface area contributed by atoms with Crippen LogP contribution in [0.1, 0.15) is 11.1 Å². The van der Waals surface area contributed by atoms with Gasteiger partial charge in [-0.15, -0.1) is 0 Å². The van der Waals surface area contributed by atoms with Gasteiger partial charge in [-0.3, -0.25) is 0 Å². The fourth-order valence-electron chi connectivity index (χ4n) is 2.90. The van der Waals surface area contributed by atoms with Gasteiger partial charge in [0.1, 0.15) is 0 Å². The van der Waals surface area contributed by atoms with Crippen LogP contribution in [0.3, 0.4) is 0 Å². The first-order chi connectivity index (χ1) is 8.90. The topological polar surface area (TPSA) is 0 Å². The van der Waals surface area contributed by atoms with Crippen LogP contribution in [0, 0.1) is 18.6 Å². The number of hydrogen-bond acceptors (Lipinski definition) is 0. The van der Waals surface area contributed by atoms with E-state index in [9.17, 15) is 0 Å². The Hall–Kier alpha value is -1.04. The molecule has 0 fully saturated rings. The Bertz CT molecular complexity index is 1020. The van der Waals surface area contributed by atoms with E-state index in [1.54, 1.807) is 8.19 Å². The Morgan fingerprint density at radius 2 is 1.17 bits per heavy atom. The third-order valence-electron chi connectivity index (χ3n) is 3.72. The van der Waals surface area contributed by atoms with Gasteiger partial charge in [-0.25, -0.2) is 0 Å². The average Bonchev–Trinajstić information content (AvgIpc) is 3.04. The summed E-state index contributed by atoms with van der Waals surface area (Å²) in [6, 6.07) is 9.41. The van der Waals surface area contributed by atoms with Crippen LogP contribution >= 0.6 is 0 Å². The maximum absolute atomic E-state index is 2.42. The van der Waals surface area contributed by atoms with Gasteiger partial charge in [-0.05, 0) is 0 Å². The van der Waals surface area contributed by atoms with Gasteiger partial charge in [0, 0.05) is 0 Å². The Kier molecular flexibility index (Phi) is 1.80. The minimum atomic E-state index is 0.546. The van der Waals surface area contributed by atoms with Crippen LogP contribution in [0.5, 0.6) is 0 Å². The number of rotatable bonds is 0. The summed E-state index contributed by atoms with van der Waals surface area (Å²) in [4.78, 5) is 4.66. The molecule has 0 spiro atoms. The van der Waals surface area contributed by atoms with Crippen molar-refractivity contribution < 1.29 is 0 Å². The molecular weight excluding hydrogens is 350 g/mol. The molecule has 84 valence electrons. The molecule has 0 nitrogen and oxygen atoms in total. The first-order valence-corrected chi connectivity index (χ1v) is 9.62. The second-order valence-electron chi connectivity index (χ2n) is 4.73. The second kappa shape index (κ2) is 3.29. The third kappa shape index (κ3) is 1.12. The predicted molar refractivity (Wildman–Crippen MR) is 74.9 cm³/mol. The van der Waals surface area contributed by atoms with E-state index >= 15 is 0 Å². The summed E-state index contributed by atoms with van der Waals surface area (Å²) in [5.74, 6) is 0. The van der Waals surface area contributed by atoms with Gasteiger partial charge in [0.15, 0.2) is 0 Å². The molecule has 2 aromatic heterocycles. The molecule has 0 unspecified atom stereocenters. The van der Waals surface area contributed by atoms with Crippen molar-refractivity contribution in [3.63, 3.8) is 0 Å². The van der Waals surface area contributed by atoms with Crippen molar-refractivity contribution in [3.8, 4) is 0 Å². The standard InChI is InChI=1S/C16H8Se2/c1-3-17-15-9(1)5-11-7-14-12(8-13(11)15)6-10-2-4-18-16(10)14/h1-8H. The van der Waals surface area contributed by atoms with Crippen LogP contribution in [-0.4, -0.2) is 29.0 Å². The van der Waals surface area contributed by atoms with E-state index in [2.05, 4.69) is 46.3 Å². The van der Waals surface area contributed by atoms with Gasteiger partial charge in [0.05, 0.1) is 0 Å². The SMILES string of the molecule is C1=c2cc[se]c2=c2cc3c(cc21)=c1[se]ccc1=C3. The monoisotopic (exact) mass is 360 g/mol. The molecule has 2 aliphatic rings. The molecule has 0 N–H and O–H groups in total. The van der Waals surface area contributed by atoms with E-state index in [1.165, 1.54) is 32.0 Å². The van der Waals surface area contributed by atoms with Crippen LogP contribution < -0.4 is 10.4 Å². The van der Waals surface area contributed by atoms with Gasteiger partial charge in [0.2, 0.25) is 0 Å². The number of fused-ring (bicyclic) bond motifs is 4. The molecule has 2 heterocycles. The molecule has 0 radical (unpaired) electrons. The summed E-state index contributed by atoms with van der Waals surface area (Å²) in [6.07, 6.45) is 4.73. The van der Waals surface area contributed by atoms with Crippen molar-refractivity contribution in [2.75, 3.05) is 0 Å². The molecule has 2 aliphatic carbocycles. The summed E-state index contributed by atoms with van der Waals surface area (Å²) in [5, 5.41) is 5.89. The molecule has 2 heteroatoms. The minimum absolute atomic E-state index is 0.546. The summed E-state index contributed by atoms with van der Waals surface area (Å²) in [6.45, 7) is 0. The van der Waals surface area contributed by atoms with Crippen LogP contribution in [0.2, 0.25) is 0 Å². The first-order valence-electron chi connectivity index (χ1n) is 5.93. The van der Waals surface area contributed by atoms with Crippen LogP contribution in [-0.2, 0) is 0 Å². The maximum atomic E-state index is 2.42. The first kappa shape index (κ1) is 9.83. The van der Waals surface area contributed by atoms with Gasteiger partial charge in [0.25, 0.3) is 0 Å². The van der Waals surface area contributed by atoms with Crippen LogP contribution in [0.4, 0.5) is 0 Å². The van der Waals surface area contributed by atoms with Gasteiger partial charge in [-0.2, -0.15) is 0 Å². The predicted octanol–water partition coefficient (Wildman–Crippen LogP) is 0.659. The fourth-order valence-corrected chi connectivity index (χ4v) is 6.75. The molecular formula is C16H8Se2. The molecule has 0 saturated heterocycles. The Balaban J connectivity index is 2.12. The van der Waals surface area contributed by atoms with E-state index < -0.39 is 0 Å². The van der Waals surface area contributed by atoms with Gasteiger partial charge < -0.3 is 0 Å². The fraction of sp³-hybridized carbons (Fsp3) is 0. The van der Waals surface area contributed by atoms with E-state index in [0.717, 1.165) is 0 Å². The quantitative estimate of drug-likeness (QED) is 0.357. The van der Waals surface area contributed by atoms with Crippen molar-refractivity contribution in [3.05, 3.63) is 74.3 Å². The zero-order valence-electron chi connectivity index (χ0n) is 9.44. The summed E-state index contributed by atoms with van der Waals surface area (Å²) < 4.78 is 3.17. The molecule has 18 heavy (non-hydrogen) atoms. The van der Waals surface area contributed by atoms with Crippen molar-refractivity contribution >= 4 is 41.2 Å².